The zero-order valence-corrected chi connectivity index (χ0v) is 18.8. The Morgan fingerprint density at radius 1 is 0.552 bits per heavy atom. The standard InChI is InChI=1S/C21H22Cl4N2O2/c22-14-8-15(23)11-18(10-14)26-20(28)6-4-2-1-3-5-7-21(29)27-19-12-16(24)9-17(25)13-19/h8-13H,1-7H2,(H,26,28)(H,27,29). The molecular weight excluding hydrogens is 454 g/mol. The molecule has 0 aliphatic carbocycles. The summed E-state index contributed by atoms with van der Waals surface area (Å²) in [6.45, 7) is 0. The maximum atomic E-state index is 12.0. The van der Waals surface area contributed by atoms with Gasteiger partial charge in [0.15, 0.2) is 0 Å². The van der Waals surface area contributed by atoms with Gasteiger partial charge < -0.3 is 10.6 Å². The fourth-order valence-corrected chi connectivity index (χ4v) is 3.85. The van der Waals surface area contributed by atoms with Gasteiger partial charge >= 0.3 is 0 Å². The summed E-state index contributed by atoms with van der Waals surface area (Å²) in [6.07, 6.45) is 5.25. The Labute approximate surface area is 190 Å². The molecule has 8 heteroatoms. The van der Waals surface area contributed by atoms with Crippen LogP contribution >= 0.6 is 46.4 Å². The van der Waals surface area contributed by atoms with Crippen molar-refractivity contribution < 1.29 is 9.59 Å². The quantitative estimate of drug-likeness (QED) is 0.347. The monoisotopic (exact) mass is 474 g/mol. The first-order valence-electron chi connectivity index (χ1n) is 9.34. The fraction of sp³-hybridized carbons (Fsp3) is 0.333. The van der Waals surface area contributed by atoms with Gasteiger partial charge in [-0.15, -0.1) is 0 Å². The number of benzene rings is 2. The molecule has 0 aliphatic rings. The van der Waals surface area contributed by atoms with Crippen LogP contribution in [-0.4, -0.2) is 11.8 Å². The van der Waals surface area contributed by atoms with Gasteiger partial charge in [-0.2, -0.15) is 0 Å². The SMILES string of the molecule is O=C(CCCCCCCC(=O)Nc1cc(Cl)cc(Cl)c1)Nc1cc(Cl)cc(Cl)c1. The zero-order valence-electron chi connectivity index (χ0n) is 15.7. The van der Waals surface area contributed by atoms with Gasteiger partial charge in [0.25, 0.3) is 0 Å². The highest BCUT2D eigenvalue weighted by atomic mass is 35.5. The van der Waals surface area contributed by atoms with E-state index in [1.54, 1.807) is 36.4 Å². The molecule has 0 unspecified atom stereocenters. The highest BCUT2D eigenvalue weighted by Gasteiger charge is 2.06. The lowest BCUT2D eigenvalue weighted by atomic mass is 10.1. The molecule has 2 aromatic rings. The molecule has 0 fully saturated rings. The van der Waals surface area contributed by atoms with E-state index >= 15 is 0 Å². The number of unbranched alkanes of at least 4 members (excludes halogenated alkanes) is 4. The molecule has 0 radical (unpaired) electrons. The Hall–Kier alpha value is -1.46. The van der Waals surface area contributed by atoms with E-state index in [-0.39, 0.29) is 11.8 Å². The van der Waals surface area contributed by atoms with Crippen LogP contribution in [0.3, 0.4) is 0 Å². The van der Waals surface area contributed by atoms with Crippen molar-refractivity contribution in [3.05, 3.63) is 56.5 Å². The van der Waals surface area contributed by atoms with E-state index in [1.807, 2.05) is 0 Å². The molecule has 0 aliphatic heterocycles. The van der Waals surface area contributed by atoms with Crippen LogP contribution in [0.4, 0.5) is 11.4 Å². The van der Waals surface area contributed by atoms with Crippen molar-refractivity contribution in [2.45, 2.75) is 44.9 Å². The molecule has 2 N–H and O–H groups in total. The average Bonchev–Trinajstić information content (AvgIpc) is 2.59. The molecule has 2 rings (SSSR count). The lowest BCUT2D eigenvalue weighted by molar-refractivity contribution is -0.117. The number of carbonyl (C=O) groups is 2. The van der Waals surface area contributed by atoms with Crippen LogP contribution in [0.5, 0.6) is 0 Å². The third kappa shape index (κ3) is 9.72. The van der Waals surface area contributed by atoms with Crippen molar-refractivity contribution in [2.75, 3.05) is 10.6 Å². The number of hydrogen-bond donors (Lipinski definition) is 2. The number of amides is 2. The molecule has 29 heavy (non-hydrogen) atoms. The molecule has 4 nitrogen and oxygen atoms in total. The number of anilines is 2. The van der Waals surface area contributed by atoms with Crippen molar-refractivity contribution in [1.29, 1.82) is 0 Å². The minimum absolute atomic E-state index is 0.0668. The first kappa shape index (κ1) is 23.8. The summed E-state index contributed by atoms with van der Waals surface area (Å²) >= 11 is 23.7. The van der Waals surface area contributed by atoms with E-state index in [0.717, 1.165) is 32.1 Å². The average molecular weight is 476 g/mol. The van der Waals surface area contributed by atoms with Gasteiger partial charge in [0, 0.05) is 44.3 Å². The smallest absolute Gasteiger partial charge is 0.224 e. The first-order valence-corrected chi connectivity index (χ1v) is 10.8. The number of hydrogen-bond acceptors (Lipinski definition) is 2. The summed E-state index contributed by atoms with van der Waals surface area (Å²) < 4.78 is 0. The second-order valence-electron chi connectivity index (χ2n) is 6.68. The highest BCUT2D eigenvalue weighted by molar-refractivity contribution is 6.35. The largest absolute Gasteiger partial charge is 0.326 e. The summed E-state index contributed by atoms with van der Waals surface area (Å²) in [5.41, 5.74) is 1.19. The minimum atomic E-state index is -0.0668. The van der Waals surface area contributed by atoms with Gasteiger partial charge in [-0.3, -0.25) is 9.59 Å². The Kier molecular flexibility index (Phi) is 10.1. The Bertz CT molecular complexity index is 749. The minimum Gasteiger partial charge on any atom is -0.326 e. The number of halogens is 4. The molecule has 0 saturated carbocycles. The molecule has 0 atom stereocenters. The normalized spacial score (nSPS) is 10.6. The molecule has 2 amide bonds. The lowest BCUT2D eigenvalue weighted by Gasteiger charge is -2.07. The van der Waals surface area contributed by atoms with Crippen molar-refractivity contribution in [1.82, 2.24) is 0 Å². The molecule has 0 heterocycles. The molecule has 0 aromatic heterocycles. The summed E-state index contributed by atoms with van der Waals surface area (Å²) in [5, 5.41) is 7.51. The summed E-state index contributed by atoms with van der Waals surface area (Å²) in [5.74, 6) is -0.134. The van der Waals surface area contributed by atoms with Gasteiger partial charge in [0.1, 0.15) is 0 Å². The van der Waals surface area contributed by atoms with E-state index in [1.165, 1.54) is 0 Å². The first-order chi connectivity index (χ1) is 13.8. The maximum Gasteiger partial charge on any atom is 0.224 e. The van der Waals surface area contributed by atoms with Crippen LogP contribution in [0, 0.1) is 0 Å². The fourth-order valence-electron chi connectivity index (χ4n) is 2.80. The van der Waals surface area contributed by atoms with E-state index < -0.39 is 0 Å². The number of nitrogens with one attached hydrogen (secondary N) is 2. The van der Waals surface area contributed by atoms with Crippen molar-refractivity contribution in [3.8, 4) is 0 Å². The Balaban J connectivity index is 1.55. The third-order valence-corrected chi connectivity index (χ3v) is 4.97. The predicted molar refractivity (Wildman–Crippen MR) is 123 cm³/mol. The van der Waals surface area contributed by atoms with Gasteiger partial charge in [-0.05, 0) is 49.2 Å². The lowest BCUT2D eigenvalue weighted by Crippen LogP contribution is -2.11. The van der Waals surface area contributed by atoms with E-state index in [9.17, 15) is 9.59 Å². The van der Waals surface area contributed by atoms with Crippen molar-refractivity contribution in [2.24, 2.45) is 0 Å². The van der Waals surface area contributed by atoms with Gasteiger partial charge in [0.2, 0.25) is 11.8 Å². The summed E-state index contributed by atoms with van der Waals surface area (Å²) in [7, 11) is 0. The van der Waals surface area contributed by atoms with Crippen LogP contribution in [0.25, 0.3) is 0 Å². The maximum absolute atomic E-state index is 12.0. The molecule has 0 bridgehead atoms. The number of carbonyl (C=O) groups excluding carboxylic acids is 2. The van der Waals surface area contributed by atoms with Crippen LogP contribution in [0.2, 0.25) is 20.1 Å². The van der Waals surface area contributed by atoms with Crippen molar-refractivity contribution >= 4 is 69.6 Å². The molecule has 0 spiro atoms. The second kappa shape index (κ2) is 12.3. The Morgan fingerprint density at radius 3 is 1.21 bits per heavy atom. The molecular formula is C21H22Cl4N2O2. The Morgan fingerprint density at radius 2 is 0.862 bits per heavy atom. The van der Waals surface area contributed by atoms with E-state index in [0.29, 0.717) is 44.3 Å². The number of rotatable bonds is 10. The van der Waals surface area contributed by atoms with Crippen LogP contribution in [0.15, 0.2) is 36.4 Å². The third-order valence-electron chi connectivity index (χ3n) is 4.10. The summed E-state index contributed by atoms with van der Waals surface area (Å²) in [6, 6.07) is 9.87. The van der Waals surface area contributed by atoms with E-state index in [2.05, 4.69) is 10.6 Å². The van der Waals surface area contributed by atoms with Gasteiger partial charge in [-0.1, -0.05) is 65.7 Å². The van der Waals surface area contributed by atoms with E-state index in [4.69, 9.17) is 46.4 Å². The van der Waals surface area contributed by atoms with Crippen LogP contribution in [0.1, 0.15) is 44.9 Å². The van der Waals surface area contributed by atoms with Crippen molar-refractivity contribution in [3.63, 3.8) is 0 Å². The topological polar surface area (TPSA) is 58.2 Å². The predicted octanol–water partition coefficient (Wildman–Crippen LogP) is 7.61. The highest BCUT2D eigenvalue weighted by Crippen LogP contribution is 2.23. The molecule has 156 valence electrons. The second-order valence-corrected chi connectivity index (χ2v) is 8.43. The van der Waals surface area contributed by atoms with Crippen LogP contribution in [-0.2, 0) is 9.59 Å². The van der Waals surface area contributed by atoms with Crippen LogP contribution < -0.4 is 10.6 Å². The molecule has 0 saturated heterocycles. The molecule has 2 aromatic carbocycles. The summed E-state index contributed by atoms with van der Waals surface area (Å²) in [4.78, 5) is 23.9. The zero-order chi connectivity index (χ0) is 21.2. The van der Waals surface area contributed by atoms with Gasteiger partial charge in [0.05, 0.1) is 0 Å². The van der Waals surface area contributed by atoms with Gasteiger partial charge in [-0.25, -0.2) is 0 Å².